The number of piperazine rings is 1. The van der Waals surface area contributed by atoms with E-state index >= 15 is 0 Å². The molecule has 4 aromatic heterocycles. The van der Waals surface area contributed by atoms with Gasteiger partial charge in [-0.25, -0.2) is 4.98 Å². The van der Waals surface area contributed by atoms with Gasteiger partial charge in [-0.2, -0.15) is 13.2 Å². The molecule has 1 fully saturated rings. The highest BCUT2D eigenvalue weighted by Crippen LogP contribution is 2.38. The van der Waals surface area contributed by atoms with Gasteiger partial charge < -0.3 is 10.2 Å². The highest BCUT2D eigenvalue weighted by molar-refractivity contribution is 6.02. The number of anilines is 1. The first-order valence-corrected chi connectivity index (χ1v) is 13.2. The summed E-state index contributed by atoms with van der Waals surface area (Å²) in [5.74, 6) is 0. The zero-order valence-corrected chi connectivity index (χ0v) is 21.7. The molecule has 6 aromatic rings. The predicted octanol–water partition coefficient (Wildman–Crippen LogP) is 5.58. The molecular weight excluding hydrogens is 529 g/mol. The van der Waals surface area contributed by atoms with E-state index in [0.717, 1.165) is 22.5 Å². The van der Waals surface area contributed by atoms with Gasteiger partial charge in [0.05, 0.1) is 33.5 Å². The zero-order valence-electron chi connectivity index (χ0n) is 21.7. The average molecular weight is 553 g/mol. The summed E-state index contributed by atoms with van der Waals surface area (Å²) >= 11 is 0. The number of hydrogen-bond acceptors (Lipinski definition) is 6. The molecule has 5 heterocycles. The number of aromatic nitrogens is 4. The first-order chi connectivity index (χ1) is 19.9. The topological polar surface area (TPSA) is 75.9 Å². The molecule has 0 aliphatic carbocycles. The van der Waals surface area contributed by atoms with Crippen molar-refractivity contribution in [1.82, 2.24) is 24.8 Å². The first kappa shape index (κ1) is 25.2. The maximum Gasteiger partial charge on any atom is 0.418 e. The highest BCUT2D eigenvalue weighted by Gasteiger charge is 2.36. The van der Waals surface area contributed by atoms with Crippen LogP contribution in [-0.2, 0) is 6.18 Å². The molecule has 1 N–H and O–H groups in total. The smallest absolute Gasteiger partial charge is 0.368 e. The minimum absolute atomic E-state index is 0.103. The third kappa shape index (κ3) is 4.46. The van der Waals surface area contributed by atoms with Crippen molar-refractivity contribution in [2.24, 2.45) is 0 Å². The lowest BCUT2D eigenvalue weighted by molar-refractivity contribution is -0.137. The maximum atomic E-state index is 14.4. The molecule has 0 atom stereocenters. The lowest BCUT2D eigenvalue weighted by Gasteiger charge is -2.31. The van der Waals surface area contributed by atoms with Crippen LogP contribution in [0.15, 0.2) is 90.0 Å². The van der Waals surface area contributed by atoms with Gasteiger partial charge in [0.15, 0.2) is 0 Å². The molecule has 1 aliphatic rings. The molecule has 204 valence electrons. The molecule has 7 rings (SSSR count). The van der Waals surface area contributed by atoms with Crippen molar-refractivity contribution in [3.63, 3.8) is 0 Å². The van der Waals surface area contributed by atoms with Crippen LogP contribution in [0.25, 0.3) is 49.8 Å². The van der Waals surface area contributed by atoms with Crippen LogP contribution in [0.1, 0.15) is 5.56 Å². The van der Waals surface area contributed by atoms with E-state index in [9.17, 15) is 18.0 Å². The van der Waals surface area contributed by atoms with Gasteiger partial charge in [-0.1, -0.05) is 18.2 Å². The van der Waals surface area contributed by atoms with Crippen molar-refractivity contribution in [2.45, 2.75) is 6.18 Å². The van der Waals surface area contributed by atoms with Crippen LogP contribution in [-0.4, -0.2) is 45.7 Å². The molecule has 0 amide bonds. The number of rotatable bonds is 3. The molecule has 0 saturated carbocycles. The molecule has 1 aliphatic heterocycles. The van der Waals surface area contributed by atoms with E-state index in [0.29, 0.717) is 53.8 Å². The standard InChI is InChI=1S/C31H23F3N6O/c32-31(33,34)23-16-22(6-9-27(23)39-13-11-35-12-14-39)40-28(41)10-5-20-17-37-26-8-7-25(38-29(26)30(20)40)21-15-19-3-1-2-4-24(19)36-18-21/h1-10,15-18,35H,11-14H2. The van der Waals surface area contributed by atoms with Crippen LogP contribution in [0.2, 0.25) is 0 Å². The highest BCUT2D eigenvalue weighted by atomic mass is 19.4. The zero-order chi connectivity index (χ0) is 28.1. The quantitative estimate of drug-likeness (QED) is 0.289. The lowest BCUT2D eigenvalue weighted by Crippen LogP contribution is -2.44. The van der Waals surface area contributed by atoms with Crippen molar-refractivity contribution >= 4 is 38.5 Å². The molecule has 0 unspecified atom stereocenters. The molecule has 1 saturated heterocycles. The van der Waals surface area contributed by atoms with Crippen LogP contribution < -0.4 is 15.8 Å². The Morgan fingerprint density at radius 2 is 1.61 bits per heavy atom. The summed E-state index contributed by atoms with van der Waals surface area (Å²) in [5, 5.41) is 4.69. The number of halogens is 3. The summed E-state index contributed by atoms with van der Waals surface area (Å²) in [7, 11) is 0. The number of benzene rings is 2. The van der Waals surface area contributed by atoms with Crippen molar-refractivity contribution < 1.29 is 13.2 Å². The van der Waals surface area contributed by atoms with Crippen LogP contribution in [0.5, 0.6) is 0 Å². The number of nitrogens with one attached hydrogen (secondary N) is 1. The Morgan fingerprint density at radius 1 is 0.805 bits per heavy atom. The fraction of sp³-hybridized carbons (Fsp3) is 0.161. The molecule has 2 aromatic carbocycles. The normalized spacial score (nSPS) is 14.3. The summed E-state index contributed by atoms with van der Waals surface area (Å²) in [6.07, 6.45) is -1.28. The molecule has 7 nitrogen and oxygen atoms in total. The van der Waals surface area contributed by atoms with Gasteiger partial charge in [0.2, 0.25) is 0 Å². The summed E-state index contributed by atoms with van der Waals surface area (Å²) < 4.78 is 44.4. The van der Waals surface area contributed by atoms with Crippen molar-refractivity contribution in [3.8, 4) is 16.9 Å². The summed E-state index contributed by atoms with van der Waals surface area (Å²) in [5.41, 5.74) is 2.51. The number of alkyl halides is 3. The molecule has 41 heavy (non-hydrogen) atoms. The third-order valence-electron chi connectivity index (χ3n) is 7.45. The van der Waals surface area contributed by atoms with E-state index in [1.54, 1.807) is 35.5 Å². The van der Waals surface area contributed by atoms with E-state index in [2.05, 4.69) is 15.3 Å². The van der Waals surface area contributed by atoms with Gasteiger partial charge in [-0.3, -0.25) is 19.3 Å². The van der Waals surface area contributed by atoms with E-state index in [1.807, 2.05) is 36.4 Å². The minimum Gasteiger partial charge on any atom is -0.368 e. The Labute approximate surface area is 231 Å². The Bertz CT molecular complexity index is 2010. The first-order valence-electron chi connectivity index (χ1n) is 13.2. The van der Waals surface area contributed by atoms with Crippen LogP contribution in [0, 0.1) is 0 Å². The Balaban J connectivity index is 1.45. The number of para-hydroxylation sites is 1. The van der Waals surface area contributed by atoms with Gasteiger partial charge in [-0.15, -0.1) is 0 Å². The minimum atomic E-state index is -4.61. The fourth-order valence-corrected chi connectivity index (χ4v) is 5.47. The number of fused-ring (bicyclic) bond motifs is 4. The monoisotopic (exact) mass is 552 g/mol. The molecule has 0 bridgehead atoms. The average Bonchev–Trinajstić information content (AvgIpc) is 3.00. The second-order valence-electron chi connectivity index (χ2n) is 9.99. The Morgan fingerprint density at radius 3 is 2.44 bits per heavy atom. The van der Waals surface area contributed by atoms with Crippen molar-refractivity contribution in [3.05, 3.63) is 101 Å². The van der Waals surface area contributed by atoms with Crippen LogP contribution >= 0.6 is 0 Å². The number of nitrogens with zero attached hydrogens (tertiary/aromatic N) is 5. The fourth-order valence-electron chi connectivity index (χ4n) is 5.47. The SMILES string of the molecule is O=c1ccc2cnc3ccc(-c4cnc5ccccc5c4)nc3c2n1-c1ccc(N2CCNCC2)c(C(F)(F)F)c1. The van der Waals surface area contributed by atoms with E-state index in [-0.39, 0.29) is 11.4 Å². The largest absolute Gasteiger partial charge is 0.418 e. The summed E-state index contributed by atoms with van der Waals surface area (Å²) in [6, 6.07) is 20.4. The molecular formula is C31H23F3N6O. The van der Waals surface area contributed by atoms with E-state index in [1.165, 1.54) is 16.7 Å². The van der Waals surface area contributed by atoms with Gasteiger partial charge in [0.1, 0.15) is 5.52 Å². The number of pyridine rings is 4. The second-order valence-corrected chi connectivity index (χ2v) is 9.99. The van der Waals surface area contributed by atoms with E-state index < -0.39 is 17.3 Å². The molecule has 10 heteroatoms. The van der Waals surface area contributed by atoms with Gasteiger partial charge in [0, 0.05) is 66.7 Å². The third-order valence-corrected chi connectivity index (χ3v) is 7.45. The second kappa shape index (κ2) is 9.67. The van der Waals surface area contributed by atoms with Crippen LogP contribution in [0.3, 0.4) is 0 Å². The molecule has 0 radical (unpaired) electrons. The summed E-state index contributed by atoms with van der Waals surface area (Å²) in [6.45, 7) is 2.12. The molecule has 0 spiro atoms. The Kier molecular flexibility index (Phi) is 5.93. The van der Waals surface area contributed by atoms with Gasteiger partial charge >= 0.3 is 6.18 Å². The van der Waals surface area contributed by atoms with Crippen molar-refractivity contribution in [1.29, 1.82) is 0 Å². The number of hydrogen-bond donors (Lipinski definition) is 1. The Hall–Kier alpha value is -4.83. The van der Waals surface area contributed by atoms with Gasteiger partial charge in [-0.05, 0) is 48.5 Å². The van der Waals surface area contributed by atoms with Crippen molar-refractivity contribution in [2.75, 3.05) is 31.1 Å². The van der Waals surface area contributed by atoms with E-state index in [4.69, 9.17) is 4.98 Å². The lowest BCUT2D eigenvalue weighted by atomic mass is 10.1. The van der Waals surface area contributed by atoms with Gasteiger partial charge in [0.25, 0.3) is 5.56 Å². The maximum absolute atomic E-state index is 14.4. The predicted molar refractivity (Wildman–Crippen MR) is 153 cm³/mol. The summed E-state index contributed by atoms with van der Waals surface area (Å²) in [4.78, 5) is 29.0. The van der Waals surface area contributed by atoms with Crippen LogP contribution in [0.4, 0.5) is 18.9 Å².